The molecule has 1 aliphatic heterocycles. The van der Waals surface area contributed by atoms with E-state index in [2.05, 4.69) is 24.1 Å². The van der Waals surface area contributed by atoms with Gasteiger partial charge in [0, 0.05) is 25.9 Å². The topological polar surface area (TPSA) is 59.6 Å². The Labute approximate surface area is 121 Å². The monoisotopic (exact) mass is 282 g/mol. The van der Waals surface area contributed by atoms with Crippen molar-refractivity contribution in [3.63, 3.8) is 0 Å². The lowest BCUT2D eigenvalue weighted by Gasteiger charge is -2.34. The van der Waals surface area contributed by atoms with Crippen LogP contribution in [0.4, 0.5) is 4.79 Å². The van der Waals surface area contributed by atoms with Gasteiger partial charge >= 0.3 is 6.03 Å². The quantitative estimate of drug-likeness (QED) is 0.777. The largest absolute Gasteiger partial charge is 0.347 e. The van der Waals surface area contributed by atoms with E-state index in [-0.39, 0.29) is 17.9 Å². The first kappa shape index (κ1) is 15.3. The Bertz CT molecular complexity index is 362. The fraction of sp³-hybridized carbons (Fsp3) is 0.800. The molecule has 2 N–H and O–H groups in total. The van der Waals surface area contributed by atoms with Gasteiger partial charge in [-0.1, -0.05) is 19.1 Å². The van der Waals surface area contributed by atoms with Gasteiger partial charge in [0.2, 0.25) is 0 Å². The summed E-state index contributed by atoms with van der Waals surface area (Å²) in [5, 5.41) is 5.55. The standard InChI is InChI=1S/C15H26N2O3/c1-11(2)8-16-14(18)17-9-13-10-19-15(20-13)6-4-12(3)5-7-15/h12-13H,1,4-10H2,2-3H3,(H2,16,17,18)/t12?,13-,15?/m0/s1. The highest BCUT2D eigenvalue weighted by molar-refractivity contribution is 5.74. The molecule has 1 spiro atoms. The molecule has 114 valence electrons. The van der Waals surface area contributed by atoms with Crippen molar-refractivity contribution < 1.29 is 14.3 Å². The lowest BCUT2D eigenvalue weighted by Crippen LogP contribution is -2.42. The maximum absolute atomic E-state index is 11.6. The molecule has 2 fully saturated rings. The number of nitrogens with one attached hydrogen (secondary N) is 2. The van der Waals surface area contributed by atoms with Crippen LogP contribution >= 0.6 is 0 Å². The Morgan fingerprint density at radius 2 is 2.05 bits per heavy atom. The van der Waals surface area contributed by atoms with Gasteiger partial charge in [-0.25, -0.2) is 4.79 Å². The molecule has 1 atom stereocenters. The molecule has 2 amide bonds. The zero-order chi connectivity index (χ0) is 14.6. The zero-order valence-electron chi connectivity index (χ0n) is 12.5. The normalized spacial score (nSPS) is 33.1. The summed E-state index contributed by atoms with van der Waals surface area (Å²) in [5.74, 6) is 0.380. The van der Waals surface area contributed by atoms with E-state index in [1.807, 2.05) is 6.92 Å². The average Bonchev–Trinajstić information content (AvgIpc) is 2.81. The van der Waals surface area contributed by atoms with Crippen LogP contribution in [0.2, 0.25) is 0 Å². The minimum absolute atomic E-state index is 0.0426. The van der Waals surface area contributed by atoms with Gasteiger partial charge in [0.05, 0.1) is 6.61 Å². The van der Waals surface area contributed by atoms with Crippen molar-refractivity contribution in [1.82, 2.24) is 10.6 Å². The van der Waals surface area contributed by atoms with Crippen LogP contribution in [0.25, 0.3) is 0 Å². The molecular weight excluding hydrogens is 256 g/mol. The van der Waals surface area contributed by atoms with Crippen LogP contribution in [0.15, 0.2) is 12.2 Å². The highest BCUT2D eigenvalue weighted by Gasteiger charge is 2.43. The van der Waals surface area contributed by atoms with Crippen molar-refractivity contribution in [2.45, 2.75) is 51.4 Å². The van der Waals surface area contributed by atoms with E-state index in [1.54, 1.807) is 0 Å². The molecule has 20 heavy (non-hydrogen) atoms. The number of urea groups is 1. The molecule has 1 saturated carbocycles. The molecule has 5 nitrogen and oxygen atoms in total. The van der Waals surface area contributed by atoms with Gasteiger partial charge in [-0.2, -0.15) is 0 Å². The Morgan fingerprint density at radius 3 is 2.70 bits per heavy atom. The van der Waals surface area contributed by atoms with Gasteiger partial charge in [0.15, 0.2) is 5.79 Å². The molecule has 0 aromatic heterocycles. The number of rotatable bonds is 4. The second-order valence-corrected chi connectivity index (χ2v) is 6.16. The molecule has 1 aliphatic carbocycles. The summed E-state index contributed by atoms with van der Waals surface area (Å²) in [5.41, 5.74) is 0.927. The predicted octanol–water partition coefficient (Wildman–Crippen LogP) is 2.18. The van der Waals surface area contributed by atoms with Crippen molar-refractivity contribution >= 4 is 6.03 Å². The lowest BCUT2D eigenvalue weighted by atomic mass is 9.86. The summed E-state index contributed by atoms with van der Waals surface area (Å²) < 4.78 is 11.9. The van der Waals surface area contributed by atoms with Gasteiger partial charge in [0.1, 0.15) is 6.10 Å². The van der Waals surface area contributed by atoms with Crippen molar-refractivity contribution in [3.8, 4) is 0 Å². The summed E-state index contributed by atoms with van der Waals surface area (Å²) in [6, 6.07) is -0.185. The van der Waals surface area contributed by atoms with Crippen LogP contribution < -0.4 is 10.6 Å². The molecule has 2 rings (SSSR count). The number of hydrogen-bond donors (Lipinski definition) is 2. The Balaban J connectivity index is 1.68. The van der Waals surface area contributed by atoms with E-state index in [1.165, 1.54) is 0 Å². The molecular formula is C15H26N2O3. The molecule has 0 aromatic rings. The Hall–Kier alpha value is -1.07. The minimum atomic E-state index is -0.382. The van der Waals surface area contributed by atoms with Crippen LogP contribution in [0, 0.1) is 5.92 Å². The second kappa shape index (κ2) is 6.59. The van der Waals surface area contributed by atoms with Crippen LogP contribution in [0.5, 0.6) is 0 Å². The maximum atomic E-state index is 11.6. The van der Waals surface area contributed by atoms with Crippen molar-refractivity contribution in [2.24, 2.45) is 5.92 Å². The lowest BCUT2D eigenvalue weighted by molar-refractivity contribution is -0.191. The van der Waals surface area contributed by atoms with Crippen LogP contribution in [-0.4, -0.2) is 37.6 Å². The van der Waals surface area contributed by atoms with E-state index in [0.717, 1.165) is 37.2 Å². The number of ether oxygens (including phenoxy) is 2. The van der Waals surface area contributed by atoms with Crippen molar-refractivity contribution in [3.05, 3.63) is 12.2 Å². The highest BCUT2D eigenvalue weighted by atomic mass is 16.7. The first-order valence-electron chi connectivity index (χ1n) is 7.47. The third-order valence-electron chi connectivity index (χ3n) is 3.99. The average molecular weight is 282 g/mol. The summed E-state index contributed by atoms with van der Waals surface area (Å²) >= 11 is 0. The van der Waals surface area contributed by atoms with Gasteiger partial charge in [0.25, 0.3) is 0 Å². The fourth-order valence-electron chi connectivity index (χ4n) is 2.68. The first-order valence-corrected chi connectivity index (χ1v) is 7.47. The fourth-order valence-corrected chi connectivity index (χ4v) is 2.68. The van der Waals surface area contributed by atoms with Gasteiger partial charge in [-0.05, 0) is 25.7 Å². The van der Waals surface area contributed by atoms with E-state index in [0.29, 0.717) is 19.7 Å². The maximum Gasteiger partial charge on any atom is 0.315 e. The van der Waals surface area contributed by atoms with E-state index < -0.39 is 0 Å². The van der Waals surface area contributed by atoms with E-state index in [4.69, 9.17) is 9.47 Å². The highest BCUT2D eigenvalue weighted by Crippen LogP contribution is 2.39. The first-order chi connectivity index (χ1) is 9.49. The van der Waals surface area contributed by atoms with Crippen molar-refractivity contribution in [2.75, 3.05) is 19.7 Å². The summed E-state index contributed by atoms with van der Waals surface area (Å²) in [7, 11) is 0. The molecule has 2 aliphatic rings. The zero-order valence-corrected chi connectivity index (χ0v) is 12.5. The Kier molecular flexibility index (Phi) is 5.05. The van der Waals surface area contributed by atoms with Gasteiger partial charge in [-0.3, -0.25) is 0 Å². The number of carbonyl (C=O) groups is 1. The van der Waals surface area contributed by atoms with Crippen LogP contribution in [-0.2, 0) is 9.47 Å². The summed E-state index contributed by atoms with van der Waals surface area (Å²) in [6.07, 6.45) is 4.19. The molecule has 5 heteroatoms. The minimum Gasteiger partial charge on any atom is -0.347 e. The SMILES string of the molecule is C=C(C)CNC(=O)NC[C@H]1COC2(CCC(C)CC2)O1. The molecule has 0 radical (unpaired) electrons. The molecule has 1 saturated heterocycles. The van der Waals surface area contributed by atoms with E-state index in [9.17, 15) is 4.79 Å². The smallest absolute Gasteiger partial charge is 0.315 e. The molecule has 1 heterocycles. The third kappa shape index (κ3) is 4.21. The van der Waals surface area contributed by atoms with Crippen LogP contribution in [0.1, 0.15) is 39.5 Å². The van der Waals surface area contributed by atoms with E-state index >= 15 is 0 Å². The number of carbonyl (C=O) groups excluding carboxylic acids is 1. The predicted molar refractivity (Wildman–Crippen MR) is 77.4 cm³/mol. The number of amides is 2. The molecule has 0 unspecified atom stereocenters. The molecule has 0 aromatic carbocycles. The second-order valence-electron chi connectivity index (χ2n) is 6.16. The van der Waals surface area contributed by atoms with Crippen LogP contribution in [0.3, 0.4) is 0 Å². The number of hydrogen-bond acceptors (Lipinski definition) is 3. The van der Waals surface area contributed by atoms with Gasteiger partial charge in [-0.15, -0.1) is 0 Å². The summed E-state index contributed by atoms with van der Waals surface area (Å²) in [4.78, 5) is 11.6. The Morgan fingerprint density at radius 1 is 1.35 bits per heavy atom. The van der Waals surface area contributed by atoms with Gasteiger partial charge < -0.3 is 20.1 Å². The van der Waals surface area contributed by atoms with Crippen molar-refractivity contribution in [1.29, 1.82) is 0 Å². The summed E-state index contributed by atoms with van der Waals surface area (Å²) in [6.45, 7) is 9.43. The molecule has 0 bridgehead atoms. The third-order valence-corrected chi connectivity index (χ3v) is 3.99.